The second kappa shape index (κ2) is 6.93. The van der Waals surface area contributed by atoms with Crippen molar-refractivity contribution in [3.05, 3.63) is 46.1 Å². The van der Waals surface area contributed by atoms with E-state index in [0.29, 0.717) is 5.56 Å². The van der Waals surface area contributed by atoms with Crippen molar-refractivity contribution in [3.63, 3.8) is 0 Å². The van der Waals surface area contributed by atoms with Gasteiger partial charge in [-0.3, -0.25) is 14.5 Å². The standard InChI is InChI=1S/C19H18ClN3O2S/c1-22-18(24)15(16(20)19(22)25)14-11-23(17-13(14)7-2-8-21-17)9-3-5-12-6-4-10-26-12/h2,6-8,11H,3-5,9-10H2,1H3. The zero-order chi connectivity index (χ0) is 18.3. The molecule has 0 spiro atoms. The molecule has 0 aliphatic carbocycles. The maximum Gasteiger partial charge on any atom is 0.272 e. The Morgan fingerprint density at radius 2 is 2.15 bits per heavy atom. The number of halogens is 1. The number of nitrogens with zero attached hydrogens (tertiary/aromatic N) is 3. The fourth-order valence-electron chi connectivity index (χ4n) is 3.40. The number of allylic oxidation sites excluding steroid dienone is 2. The van der Waals surface area contributed by atoms with Gasteiger partial charge in [0.2, 0.25) is 0 Å². The maximum absolute atomic E-state index is 12.5. The van der Waals surface area contributed by atoms with Gasteiger partial charge in [0.05, 0.1) is 5.57 Å². The largest absolute Gasteiger partial charge is 0.332 e. The number of hydrogen-bond acceptors (Lipinski definition) is 4. The van der Waals surface area contributed by atoms with E-state index < -0.39 is 5.91 Å². The number of likely N-dealkylation sites (N-methyl/N-ethyl adjacent to an activating group) is 1. The highest BCUT2D eigenvalue weighted by Gasteiger charge is 2.37. The van der Waals surface area contributed by atoms with Gasteiger partial charge in [0.15, 0.2) is 0 Å². The lowest BCUT2D eigenvalue weighted by molar-refractivity contribution is -0.134. The average molecular weight is 388 g/mol. The van der Waals surface area contributed by atoms with Crippen molar-refractivity contribution in [2.75, 3.05) is 12.8 Å². The molecule has 2 aliphatic heterocycles. The molecule has 0 bridgehead atoms. The van der Waals surface area contributed by atoms with Gasteiger partial charge in [-0.05, 0) is 36.3 Å². The van der Waals surface area contributed by atoms with E-state index in [1.165, 1.54) is 17.7 Å². The molecular weight excluding hydrogens is 370 g/mol. The number of amides is 2. The number of aryl methyl sites for hydroxylation is 1. The smallest absolute Gasteiger partial charge is 0.272 e. The summed E-state index contributed by atoms with van der Waals surface area (Å²) in [7, 11) is 1.45. The number of pyridine rings is 1. The zero-order valence-corrected chi connectivity index (χ0v) is 15.9. The summed E-state index contributed by atoms with van der Waals surface area (Å²) in [5.74, 6) is 0.362. The molecule has 4 rings (SSSR count). The molecule has 5 nitrogen and oxygen atoms in total. The molecule has 2 aromatic heterocycles. The molecular formula is C19H18ClN3O2S. The highest BCUT2D eigenvalue weighted by atomic mass is 35.5. The molecule has 134 valence electrons. The van der Waals surface area contributed by atoms with Crippen LogP contribution >= 0.6 is 23.4 Å². The molecule has 2 amide bonds. The van der Waals surface area contributed by atoms with Gasteiger partial charge in [-0.1, -0.05) is 17.7 Å². The Balaban J connectivity index is 1.68. The number of aromatic nitrogens is 2. The molecule has 2 aromatic rings. The van der Waals surface area contributed by atoms with Crippen molar-refractivity contribution in [3.8, 4) is 0 Å². The fourth-order valence-corrected chi connectivity index (χ4v) is 4.73. The Bertz CT molecular complexity index is 976. The molecule has 0 N–H and O–H groups in total. The summed E-state index contributed by atoms with van der Waals surface area (Å²) in [4.78, 5) is 31.5. The maximum atomic E-state index is 12.5. The first-order valence-electron chi connectivity index (χ1n) is 8.56. The minimum absolute atomic E-state index is 0.0204. The van der Waals surface area contributed by atoms with E-state index in [-0.39, 0.29) is 16.5 Å². The second-order valence-corrected chi connectivity index (χ2v) is 7.98. The fraction of sp³-hybridized carbons (Fsp3) is 0.316. The van der Waals surface area contributed by atoms with Crippen molar-refractivity contribution in [1.29, 1.82) is 0 Å². The predicted octanol–water partition coefficient (Wildman–Crippen LogP) is 3.79. The van der Waals surface area contributed by atoms with Crippen molar-refractivity contribution >= 4 is 51.8 Å². The van der Waals surface area contributed by atoms with Crippen LogP contribution in [0.5, 0.6) is 0 Å². The zero-order valence-electron chi connectivity index (χ0n) is 14.4. The average Bonchev–Trinajstić information content (AvgIpc) is 3.33. The minimum Gasteiger partial charge on any atom is -0.332 e. The summed E-state index contributed by atoms with van der Waals surface area (Å²) in [5, 5.41) is 0.819. The summed E-state index contributed by atoms with van der Waals surface area (Å²) >= 11 is 8.11. The lowest BCUT2D eigenvalue weighted by Crippen LogP contribution is -2.26. The first-order chi connectivity index (χ1) is 12.6. The van der Waals surface area contributed by atoms with Crippen LogP contribution in [0.2, 0.25) is 0 Å². The molecule has 0 radical (unpaired) electrons. The summed E-state index contributed by atoms with van der Waals surface area (Å²) in [5.41, 5.74) is 1.75. The van der Waals surface area contributed by atoms with Crippen LogP contribution in [-0.4, -0.2) is 39.1 Å². The molecule has 0 aromatic carbocycles. The van der Waals surface area contributed by atoms with E-state index in [2.05, 4.69) is 15.6 Å². The highest BCUT2D eigenvalue weighted by molar-refractivity contribution is 8.03. The summed E-state index contributed by atoms with van der Waals surface area (Å²) in [6.45, 7) is 0.800. The number of carbonyl (C=O) groups excluding carboxylic acids is 2. The SMILES string of the molecule is CN1C(=O)C(Cl)=C(c2cn(CCCC3=CCCS3)c3ncccc23)C1=O. The number of rotatable bonds is 5. The van der Waals surface area contributed by atoms with Crippen molar-refractivity contribution in [2.24, 2.45) is 0 Å². The number of imide groups is 1. The normalized spacial score (nSPS) is 17.8. The summed E-state index contributed by atoms with van der Waals surface area (Å²) in [6.07, 6.45) is 9.16. The summed E-state index contributed by atoms with van der Waals surface area (Å²) in [6, 6.07) is 3.74. The van der Waals surface area contributed by atoms with E-state index in [4.69, 9.17) is 11.6 Å². The van der Waals surface area contributed by atoms with Gasteiger partial charge in [0.1, 0.15) is 10.7 Å². The van der Waals surface area contributed by atoms with E-state index in [1.807, 2.05) is 30.1 Å². The third kappa shape index (κ3) is 2.87. The molecule has 0 fully saturated rings. The van der Waals surface area contributed by atoms with E-state index >= 15 is 0 Å². The van der Waals surface area contributed by atoms with Crippen molar-refractivity contribution < 1.29 is 9.59 Å². The first-order valence-corrected chi connectivity index (χ1v) is 9.92. The van der Waals surface area contributed by atoms with Crippen LogP contribution in [0, 0.1) is 0 Å². The van der Waals surface area contributed by atoms with Crippen molar-refractivity contribution in [1.82, 2.24) is 14.5 Å². The predicted molar refractivity (Wildman–Crippen MR) is 105 cm³/mol. The topological polar surface area (TPSA) is 55.2 Å². The van der Waals surface area contributed by atoms with Crippen LogP contribution < -0.4 is 0 Å². The van der Waals surface area contributed by atoms with Gasteiger partial charge in [0.25, 0.3) is 11.8 Å². The Morgan fingerprint density at radius 1 is 1.31 bits per heavy atom. The molecule has 26 heavy (non-hydrogen) atoms. The lowest BCUT2D eigenvalue weighted by Gasteiger charge is -2.05. The Labute approximate surface area is 160 Å². The van der Waals surface area contributed by atoms with Gasteiger partial charge < -0.3 is 4.57 Å². The molecule has 0 atom stereocenters. The van der Waals surface area contributed by atoms with Gasteiger partial charge in [-0.2, -0.15) is 0 Å². The first kappa shape index (κ1) is 17.4. The number of fused-ring (bicyclic) bond motifs is 1. The number of thioether (sulfide) groups is 1. The lowest BCUT2D eigenvalue weighted by atomic mass is 10.1. The van der Waals surface area contributed by atoms with Crippen LogP contribution in [0.15, 0.2) is 40.5 Å². The molecule has 7 heteroatoms. The Hall–Kier alpha value is -2.05. The van der Waals surface area contributed by atoms with Gasteiger partial charge >= 0.3 is 0 Å². The van der Waals surface area contributed by atoms with E-state index in [1.54, 1.807) is 6.20 Å². The van der Waals surface area contributed by atoms with Crippen molar-refractivity contribution in [2.45, 2.75) is 25.8 Å². The third-order valence-electron chi connectivity index (χ3n) is 4.73. The molecule has 2 aliphatic rings. The van der Waals surface area contributed by atoms with Gasteiger partial charge in [0, 0.05) is 42.7 Å². The van der Waals surface area contributed by atoms with E-state index in [9.17, 15) is 9.59 Å². The van der Waals surface area contributed by atoms with Crippen LogP contribution in [-0.2, 0) is 16.1 Å². The van der Waals surface area contributed by atoms with E-state index in [0.717, 1.165) is 41.7 Å². The van der Waals surface area contributed by atoms with Crippen LogP contribution in [0.25, 0.3) is 16.6 Å². The third-order valence-corrected chi connectivity index (χ3v) is 6.27. The molecule has 0 saturated carbocycles. The molecule has 4 heterocycles. The highest BCUT2D eigenvalue weighted by Crippen LogP contribution is 2.35. The summed E-state index contributed by atoms with van der Waals surface area (Å²) < 4.78 is 2.05. The van der Waals surface area contributed by atoms with Gasteiger partial charge in [-0.15, -0.1) is 11.8 Å². The number of hydrogen-bond donors (Lipinski definition) is 0. The van der Waals surface area contributed by atoms with Crippen LogP contribution in [0.3, 0.4) is 0 Å². The Kier molecular flexibility index (Phi) is 4.63. The Morgan fingerprint density at radius 3 is 2.85 bits per heavy atom. The molecule has 0 unspecified atom stereocenters. The van der Waals surface area contributed by atoms with Crippen LogP contribution in [0.1, 0.15) is 24.8 Å². The van der Waals surface area contributed by atoms with Crippen LogP contribution in [0.4, 0.5) is 0 Å². The quantitative estimate of drug-likeness (QED) is 0.732. The van der Waals surface area contributed by atoms with Gasteiger partial charge in [-0.25, -0.2) is 4.98 Å². The second-order valence-electron chi connectivity index (χ2n) is 6.38. The monoisotopic (exact) mass is 387 g/mol. The minimum atomic E-state index is -0.457. The molecule has 0 saturated heterocycles. The number of carbonyl (C=O) groups is 2.